The van der Waals surface area contributed by atoms with Crippen molar-refractivity contribution < 1.29 is 0 Å². The third kappa shape index (κ3) is 3.68. The average molecular weight is 237 g/mol. The minimum atomic E-state index is 0.735. The van der Waals surface area contributed by atoms with Crippen LogP contribution in [0, 0.1) is 12.8 Å². The maximum Gasteiger partial charge on any atom is 0.0483 e. The summed E-state index contributed by atoms with van der Waals surface area (Å²) in [5.41, 5.74) is 3.77. The summed E-state index contributed by atoms with van der Waals surface area (Å²) in [7, 11) is 0. The molecule has 0 bridgehead atoms. The van der Waals surface area contributed by atoms with Crippen LogP contribution in [0.2, 0.25) is 5.02 Å². The third-order valence-corrected chi connectivity index (χ3v) is 3.12. The van der Waals surface area contributed by atoms with Crippen LogP contribution < -0.4 is 0 Å². The zero-order valence-corrected chi connectivity index (χ0v) is 11.4. The Labute approximate surface area is 104 Å². The molecule has 0 radical (unpaired) electrons. The lowest BCUT2D eigenvalue weighted by atomic mass is 9.96. The van der Waals surface area contributed by atoms with E-state index >= 15 is 0 Å². The highest BCUT2D eigenvalue weighted by molar-refractivity contribution is 6.32. The van der Waals surface area contributed by atoms with E-state index in [4.69, 9.17) is 11.6 Å². The highest BCUT2D eigenvalue weighted by Gasteiger charge is 2.06. The fourth-order valence-electron chi connectivity index (χ4n) is 1.76. The molecule has 0 aliphatic rings. The minimum absolute atomic E-state index is 0.735. The number of benzene rings is 1. The molecule has 0 spiro atoms. The van der Waals surface area contributed by atoms with E-state index in [0.717, 1.165) is 17.4 Å². The molecule has 0 fully saturated rings. The first kappa shape index (κ1) is 13.3. The topological polar surface area (TPSA) is 0 Å². The molecule has 0 atom stereocenters. The van der Waals surface area contributed by atoms with Gasteiger partial charge in [0.15, 0.2) is 0 Å². The van der Waals surface area contributed by atoms with Crippen molar-refractivity contribution in [1.29, 1.82) is 0 Å². The highest BCUT2D eigenvalue weighted by atomic mass is 35.5. The number of hydrogen-bond donors (Lipinski definition) is 0. The maximum atomic E-state index is 6.28. The van der Waals surface area contributed by atoms with E-state index in [2.05, 4.69) is 45.9 Å². The van der Waals surface area contributed by atoms with Gasteiger partial charge in [-0.1, -0.05) is 43.7 Å². The van der Waals surface area contributed by atoms with Gasteiger partial charge in [0.05, 0.1) is 0 Å². The van der Waals surface area contributed by atoms with Gasteiger partial charge in [0.2, 0.25) is 0 Å². The van der Waals surface area contributed by atoms with Gasteiger partial charge >= 0.3 is 0 Å². The largest absolute Gasteiger partial charge is 0.0838 e. The Kier molecular flexibility index (Phi) is 5.08. The van der Waals surface area contributed by atoms with E-state index in [1.165, 1.54) is 23.1 Å². The average Bonchev–Trinajstić information content (AvgIpc) is 2.21. The quantitative estimate of drug-likeness (QED) is 0.649. The van der Waals surface area contributed by atoms with Gasteiger partial charge in [-0.25, -0.2) is 0 Å². The van der Waals surface area contributed by atoms with Gasteiger partial charge in [0, 0.05) is 5.02 Å². The van der Waals surface area contributed by atoms with Crippen molar-refractivity contribution in [3.63, 3.8) is 0 Å². The monoisotopic (exact) mass is 236 g/mol. The Bertz CT molecular complexity index is 375. The fourth-order valence-corrected chi connectivity index (χ4v) is 2.12. The van der Waals surface area contributed by atoms with E-state index < -0.39 is 0 Å². The maximum absolute atomic E-state index is 6.28. The second-order valence-corrected chi connectivity index (χ2v) is 5.14. The molecule has 88 valence electrons. The smallest absolute Gasteiger partial charge is 0.0483 e. The number of hydrogen-bond acceptors (Lipinski definition) is 0. The van der Waals surface area contributed by atoms with Crippen LogP contribution in [0.5, 0.6) is 0 Å². The molecule has 0 N–H and O–H groups in total. The lowest BCUT2D eigenvalue weighted by Gasteiger charge is -2.11. The molecule has 0 saturated carbocycles. The lowest BCUT2D eigenvalue weighted by molar-refractivity contribution is 0.599. The Morgan fingerprint density at radius 1 is 1.38 bits per heavy atom. The van der Waals surface area contributed by atoms with Gasteiger partial charge < -0.3 is 0 Å². The Morgan fingerprint density at radius 3 is 2.56 bits per heavy atom. The van der Waals surface area contributed by atoms with Crippen molar-refractivity contribution >= 4 is 17.2 Å². The van der Waals surface area contributed by atoms with Gasteiger partial charge in [-0.15, -0.1) is 0 Å². The Morgan fingerprint density at radius 2 is 2.06 bits per heavy atom. The van der Waals surface area contributed by atoms with E-state index in [9.17, 15) is 0 Å². The summed E-state index contributed by atoms with van der Waals surface area (Å²) in [5, 5.41) is 0.872. The van der Waals surface area contributed by atoms with Crippen molar-refractivity contribution in [3.8, 4) is 0 Å². The summed E-state index contributed by atoms with van der Waals surface area (Å²) in [6.45, 7) is 8.67. The van der Waals surface area contributed by atoms with Crippen molar-refractivity contribution in [3.05, 3.63) is 40.4 Å². The van der Waals surface area contributed by atoms with Crippen LogP contribution in [0.15, 0.2) is 24.3 Å². The van der Waals surface area contributed by atoms with Crippen molar-refractivity contribution in [2.24, 2.45) is 5.92 Å². The fraction of sp³-hybridized carbons (Fsp3) is 0.467. The summed E-state index contributed by atoms with van der Waals surface area (Å²) in [6, 6.07) is 6.29. The summed E-state index contributed by atoms with van der Waals surface area (Å²) in [5.74, 6) is 0.735. The van der Waals surface area contributed by atoms with E-state index in [1.807, 2.05) is 6.07 Å². The molecule has 1 rings (SSSR count). The molecular formula is C15H21Cl. The van der Waals surface area contributed by atoms with Crippen LogP contribution >= 0.6 is 11.6 Å². The van der Waals surface area contributed by atoms with Gasteiger partial charge in [-0.2, -0.15) is 0 Å². The second kappa shape index (κ2) is 6.10. The summed E-state index contributed by atoms with van der Waals surface area (Å²) < 4.78 is 0. The van der Waals surface area contributed by atoms with Crippen LogP contribution in [0.25, 0.3) is 5.57 Å². The van der Waals surface area contributed by atoms with E-state index in [0.29, 0.717) is 0 Å². The molecule has 0 unspecified atom stereocenters. The number of rotatable bonds is 4. The molecule has 0 amide bonds. The molecule has 0 nitrogen and oxygen atoms in total. The van der Waals surface area contributed by atoms with Gasteiger partial charge in [0.1, 0.15) is 0 Å². The van der Waals surface area contributed by atoms with E-state index in [-0.39, 0.29) is 0 Å². The zero-order valence-electron chi connectivity index (χ0n) is 10.7. The van der Waals surface area contributed by atoms with Crippen molar-refractivity contribution in [2.75, 3.05) is 0 Å². The third-order valence-electron chi connectivity index (χ3n) is 2.81. The SMILES string of the molecule is C/C=C(\CCC(C)C)c1ccc(C)cc1Cl. The van der Waals surface area contributed by atoms with Crippen LogP contribution in [-0.2, 0) is 0 Å². The first-order valence-corrected chi connectivity index (χ1v) is 6.34. The first-order chi connectivity index (χ1) is 7.54. The second-order valence-electron chi connectivity index (χ2n) is 4.73. The van der Waals surface area contributed by atoms with Crippen LogP contribution in [0.3, 0.4) is 0 Å². The standard InChI is InChI=1S/C15H21Cl/c1-5-13(8-6-11(2)3)14-9-7-12(4)10-15(14)16/h5,7,9-11H,6,8H2,1-4H3/b13-5+. The molecule has 0 aliphatic heterocycles. The van der Waals surface area contributed by atoms with Crippen LogP contribution in [0.4, 0.5) is 0 Å². The van der Waals surface area contributed by atoms with Crippen LogP contribution in [0.1, 0.15) is 44.7 Å². The molecule has 16 heavy (non-hydrogen) atoms. The summed E-state index contributed by atoms with van der Waals surface area (Å²) in [6.07, 6.45) is 4.50. The van der Waals surface area contributed by atoms with E-state index in [1.54, 1.807) is 0 Å². The zero-order chi connectivity index (χ0) is 12.1. The number of allylic oxidation sites excluding steroid dienone is 2. The Balaban J connectivity index is 2.88. The molecule has 0 saturated heterocycles. The van der Waals surface area contributed by atoms with Crippen LogP contribution in [-0.4, -0.2) is 0 Å². The molecule has 1 heteroatoms. The van der Waals surface area contributed by atoms with Crippen molar-refractivity contribution in [1.82, 2.24) is 0 Å². The Hall–Kier alpha value is -0.750. The highest BCUT2D eigenvalue weighted by Crippen LogP contribution is 2.29. The summed E-state index contributed by atoms with van der Waals surface area (Å²) in [4.78, 5) is 0. The summed E-state index contributed by atoms with van der Waals surface area (Å²) >= 11 is 6.28. The molecule has 1 aromatic rings. The van der Waals surface area contributed by atoms with Gasteiger partial charge in [-0.05, 0) is 55.4 Å². The molecule has 0 aliphatic carbocycles. The van der Waals surface area contributed by atoms with Gasteiger partial charge in [0.25, 0.3) is 0 Å². The molecule has 0 heterocycles. The normalized spacial score (nSPS) is 12.2. The predicted molar refractivity (Wildman–Crippen MR) is 73.9 cm³/mol. The molecule has 1 aromatic carbocycles. The lowest BCUT2D eigenvalue weighted by Crippen LogP contribution is -1.92. The predicted octanol–water partition coefficient (Wildman–Crippen LogP) is 5.49. The number of aryl methyl sites for hydroxylation is 1. The minimum Gasteiger partial charge on any atom is -0.0838 e. The van der Waals surface area contributed by atoms with Gasteiger partial charge in [-0.3, -0.25) is 0 Å². The van der Waals surface area contributed by atoms with Crippen molar-refractivity contribution in [2.45, 2.75) is 40.5 Å². The molecular weight excluding hydrogens is 216 g/mol. The molecule has 0 aromatic heterocycles. The first-order valence-electron chi connectivity index (χ1n) is 5.96. The number of halogens is 1.